The van der Waals surface area contributed by atoms with Gasteiger partial charge in [0, 0.05) is 5.56 Å². The van der Waals surface area contributed by atoms with Crippen LogP contribution in [0.15, 0.2) is 30.5 Å². The third-order valence-electron chi connectivity index (χ3n) is 3.96. The topological polar surface area (TPSA) is 82.8 Å². The Hall–Kier alpha value is -3.21. The van der Waals surface area contributed by atoms with Crippen molar-refractivity contribution in [3.8, 4) is 0 Å². The van der Waals surface area contributed by atoms with Crippen LogP contribution in [0, 0.1) is 6.92 Å². The van der Waals surface area contributed by atoms with Gasteiger partial charge in [-0.3, -0.25) is 4.79 Å². The average Bonchev–Trinajstić information content (AvgIpc) is 3.24. The van der Waals surface area contributed by atoms with E-state index in [0.29, 0.717) is 15.5 Å². The molecular formula is C18H14F3N3O4S. The fourth-order valence-electron chi connectivity index (χ4n) is 2.58. The lowest BCUT2D eigenvalue weighted by molar-refractivity contribution is -0.137. The normalized spacial score (nSPS) is 12.3. The van der Waals surface area contributed by atoms with Crippen molar-refractivity contribution in [3.63, 3.8) is 0 Å². The summed E-state index contributed by atoms with van der Waals surface area (Å²) >= 11 is 1.06. The van der Waals surface area contributed by atoms with Gasteiger partial charge in [-0.25, -0.2) is 9.31 Å². The van der Waals surface area contributed by atoms with Crippen LogP contribution >= 0.6 is 11.3 Å². The van der Waals surface area contributed by atoms with Gasteiger partial charge in [0.1, 0.15) is 5.57 Å². The standard InChI is InChI=1S/C18H14F3N3O4S/c1-9-14(12(8-27-2)16(26)28-3)29-17-22-15(23-24(9)17)13(25)10-5-4-6-11(7-10)18(19,20)21/h4-8H,1-3H3. The van der Waals surface area contributed by atoms with Crippen molar-refractivity contribution in [2.75, 3.05) is 14.2 Å². The van der Waals surface area contributed by atoms with Crippen molar-refractivity contribution in [2.45, 2.75) is 13.1 Å². The average molecular weight is 425 g/mol. The molecule has 0 aliphatic heterocycles. The molecule has 7 nitrogen and oxygen atoms in total. The Bertz CT molecular complexity index is 1130. The lowest BCUT2D eigenvalue weighted by Crippen LogP contribution is -2.09. The van der Waals surface area contributed by atoms with E-state index in [-0.39, 0.29) is 17.0 Å². The Morgan fingerprint density at radius 3 is 2.55 bits per heavy atom. The first-order chi connectivity index (χ1) is 13.7. The Labute approximate surface area is 166 Å². The first-order valence-electron chi connectivity index (χ1n) is 8.07. The van der Waals surface area contributed by atoms with E-state index in [2.05, 4.69) is 10.1 Å². The number of ether oxygens (including phenoxy) is 2. The molecule has 0 atom stereocenters. The predicted molar refractivity (Wildman–Crippen MR) is 97.5 cm³/mol. The summed E-state index contributed by atoms with van der Waals surface area (Å²) in [6.45, 7) is 1.65. The number of carbonyl (C=O) groups excluding carboxylic acids is 2. The Kier molecular flexibility index (Phi) is 5.42. The summed E-state index contributed by atoms with van der Waals surface area (Å²) in [6.07, 6.45) is -3.35. The molecule has 0 amide bonds. The van der Waals surface area contributed by atoms with Gasteiger partial charge >= 0.3 is 12.1 Å². The van der Waals surface area contributed by atoms with Crippen LogP contribution in [-0.2, 0) is 20.4 Å². The second-order valence-electron chi connectivity index (χ2n) is 5.81. The van der Waals surface area contributed by atoms with Crippen LogP contribution < -0.4 is 0 Å². The lowest BCUT2D eigenvalue weighted by Gasteiger charge is -2.07. The molecule has 29 heavy (non-hydrogen) atoms. The first kappa shape index (κ1) is 20.5. The molecule has 3 rings (SSSR count). The van der Waals surface area contributed by atoms with Gasteiger partial charge in [0.05, 0.1) is 36.6 Å². The number of hydrogen-bond donors (Lipinski definition) is 0. The van der Waals surface area contributed by atoms with Crippen molar-refractivity contribution in [1.29, 1.82) is 0 Å². The number of fused-ring (bicyclic) bond motifs is 1. The minimum absolute atomic E-state index is 0.149. The summed E-state index contributed by atoms with van der Waals surface area (Å²) in [5.74, 6) is -1.62. The predicted octanol–water partition coefficient (Wildman–Crippen LogP) is 3.51. The van der Waals surface area contributed by atoms with Crippen molar-refractivity contribution >= 4 is 33.6 Å². The molecule has 0 saturated heterocycles. The molecule has 1 aromatic carbocycles. The largest absolute Gasteiger partial charge is 0.503 e. The minimum Gasteiger partial charge on any atom is -0.503 e. The van der Waals surface area contributed by atoms with E-state index in [1.165, 1.54) is 31.1 Å². The third-order valence-corrected chi connectivity index (χ3v) is 5.12. The maximum absolute atomic E-state index is 12.9. The number of aromatic nitrogens is 3. The molecular weight excluding hydrogens is 411 g/mol. The second-order valence-corrected chi connectivity index (χ2v) is 6.79. The summed E-state index contributed by atoms with van der Waals surface area (Å²) in [6, 6.07) is 4.05. The van der Waals surface area contributed by atoms with Crippen LogP contribution in [0.1, 0.15) is 32.3 Å². The molecule has 0 radical (unpaired) electrons. The third kappa shape index (κ3) is 3.86. The zero-order valence-electron chi connectivity index (χ0n) is 15.4. The molecule has 3 aromatic rings. The van der Waals surface area contributed by atoms with E-state index >= 15 is 0 Å². The zero-order chi connectivity index (χ0) is 21.3. The number of methoxy groups -OCH3 is 2. The van der Waals surface area contributed by atoms with Crippen LogP contribution in [0.2, 0.25) is 0 Å². The molecule has 0 bridgehead atoms. The van der Waals surface area contributed by atoms with Gasteiger partial charge in [0.15, 0.2) is 0 Å². The van der Waals surface area contributed by atoms with E-state index in [1.54, 1.807) is 6.92 Å². The Morgan fingerprint density at radius 2 is 1.97 bits per heavy atom. The van der Waals surface area contributed by atoms with Crippen LogP contribution in [-0.4, -0.2) is 40.6 Å². The van der Waals surface area contributed by atoms with Crippen molar-refractivity contribution in [3.05, 3.63) is 58.0 Å². The van der Waals surface area contributed by atoms with Crippen molar-refractivity contribution in [1.82, 2.24) is 14.6 Å². The zero-order valence-corrected chi connectivity index (χ0v) is 16.2. The summed E-state index contributed by atoms with van der Waals surface area (Å²) in [4.78, 5) is 29.4. The molecule has 152 valence electrons. The molecule has 0 aliphatic carbocycles. The van der Waals surface area contributed by atoms with Crippen molar-refractivity contribution in [2.24, 2.45) is 0 Å². The summed E-state index contributed by atoms with van der Waals surface area (Å²) in [7, 11) is 2.60. The van der Waals surface area contributed by atoms with Crippen LogP contribution in [0.4, 0.5) is 13.2 Å². The maximum atomic E-state index is 12.9. The number of hydrogen-bond acceptors (Lipinski definition) is 7. The molecule has 0 fully saturated rings. The smallest absolute Gasteiger partial charge is 0.416 e. The van der Waals surface area contributed by atoms with Gasteiger partial charge in [-0.2, -0.15) is 18.2 Å². The quantitative estimate of drug-likeness (QED) is 0.269. The van der Waals surface area contributed by atoms with Gasteiger partial charge < -0.3 is 9.47 Å². The van der Waals surface area contributed by atoms with E-state index in [1.807, 2.05) is 0 Å². The highest BCUT2D eigenvalue weighted by Gasteiger charge is 2.31. The van der Waals surface area contributed by atoms with Gasteiger partial charge in [-0.1, -0.05) is 23.5 Å². The number of esters is 1. The number of carbonyl (C=O) groups is 2. The van der Waals surface area contributed by atoms with E-state index in [0.717, 1.165) is 29.5 Å². The molecule has 0 N–H and O–H groups in total. The lowest BCUT2D eigenvalue weighted by atomic mass is 10.1. The number of rotatable bonds is 5. The van der Waals surface area contributed by atoms with Gasteiger partial charge in [0.2, 0.25) is 16.6 Å². The van der Waals surface area contributed by atoms with E-state index in [9.17, 15) is 22.8 Å². The highest BCUT2D eigenvalue weighted by Crippen LogP contribution is 2.31. The van der Waals surface area contributed by atoms with Crippen LogP contribution in [0.25, 0.3) is 10.5 Å². The van der Waals surface area contributed by atoms with Crippen LogP contribution in [0.3, 0.4) is 0 Å². The SMILES string of the molecule is COC=C(C(=O)OC)c1sc2nc(C(=O)c3cccc(C(F)(F)F)c3)nn2c1C. The van der Waals surface area contributed by atoms with Crippen LogP contribution in [0.5, 0.6) is 0 Å². The fourth-order valence-corrected chi connectivity index (χ4v) is 3.63. The summed E-state index contributed by atoms with van der Waals surface area (Å²) in [5, 5.41) is 4.09. The first-order valence-corrected chi connectivity index (χ1v) is 8.88. The Balaban J connectivity index is 2.01. The molecule has 0 saturated carbocycles. The molecule has 11 heteroatoms. The highest BCUT2D eigenvalue weighted by molar-refractivity contribution is 7.18. The number of halogens is 3. The van der Waals surface area contributed by atoms with Gasteiger partial charge in [-0.15, -0.1) is 5.10 Å². The molecule has 0 aliphatic rings. The van der Waals surface area contributed by atoms with E-state index < -0.39 is 23.5 Å². The Morgan fingerprint density at radius 1 is 1.24 bits per heavy atom. The fraction of sp³-hybridized carbons (Fsp3) is 0.222. The molecule has 2 heterocycles. The molecule has 2 aromatic heterocycles. The maximum Gasteiger partial charge on any atom is 0.416 e. The van der Waals surface area contributed by atoms with Gasteiger partial charge in [0.25, 0.3) is 0 Å². The number of ketones is 1. The number of nitrogens with zero attached hydrogens (tertiary/aromatic N) is 3. The monoisotopic (exact) mass is 425 g/mol. The van der Waals surface area contributed by atoms with E-state index in [4.69, 9.17) is 9.47 Å². The number of aryl methyl sites for hydroxylation is 1. The second kappa shape index (κ2) is 7.66. The van der Waals surface area contributed by atoms with Crippen molar-refractivity contribution < 1.29 is 32.2 Å². The minimum atomic E-state index is -4.57. The number of alkyl halides is 3. The number of thiazole rings is 1. The molecule has 0 unspecified atom stereocenters. The highest BCUT2D eigenvalue weighted by atomic mass is 32.1. The summed E-state index contributed by atoms with van der Waals surface area (Å²) < 4.78 is 49.6. The number of benzene rings is 1. The summed E-state index contributed by atoms with van der Waals surface area (Å²) in [5.41, 5.74) is -0.467. The van der Waals surface area contributed by atoms with Gasteiger partial charge in [-0.05, 0) is 19.1 Å². The molecule has 0 spiro atoms.